The molecule has 2 N–H and O–H groups in total. The average Bonchev–Trinajstić information content (AvgIpc) is 3.29. The van der Waals surface area contributed by atoms with Crippen molar-refractivity contribution in [1.82, 2.24) is 15.6 Å². The molecule has 0 atom stereocenters. The molecule has 0 radical (unpaired) electrons. The molecular weight excluding hydrogens is 386 g/mol. The fourth-order valence-corrected chi connectivity index (χ4v) is 3.25. The molecule has 8 heteroatoms. The lowest BCUT2D eigenvalue weighted by molar-refractivity contribution is -0.122. The Kier molecular flexibility index (Phi) is 7.48. The van der Waals surface area contributed by atoms with Crippen LogP contribution in [0.5, 0.6) is 17.4 Å². The minimum absolute atomic E-state index is 0.136. The van der Waals surface area contributed by atoms with Crippen molar-refractivity contribution < 1.29 is 23.8 Å². The molecule has 0 saturated heterocycles. The molecule has 2 aromatic rings. The van der Waals surface area contributed by atoms with E-state index in [2.05, 4.69) is 15.6 Å². The van der Waals surface area contributed by atoms with Gasteiger partial charge in [0, 0.05) is 30.9 Å². The van der Waals surface area contributed by atoms with Crippen LogP contribution in [-0.2, 0) is 11.3 Å². The summed E-state index contributed by atoms with van der Waals surface area (Å²) in [6.07, 6.45) is 6.31. The number of nitrogens with one attached hydrogen (secondary N) is 2. The van der Waals surface area contributed by atoms with Gasteiger partial charge in [-0.1, -0.05) is 6.07 Å². The number of hydrogen-bond donors (Lipinski definition) is 2. The van der Waals surface area contributed by atoms with Crippen LogP contribution in [-0.4, -0.2) is 43.7 Å². The number of ether oxygens (including phenoxy) is 3. The molecule has 8 nitrogen and oxygen atoms in total. The van der Waals surface area contributed by atoms with Crippen LogP contribution < -0.4 is 24.8 Å². The van der Waals surface area contributed by atoms with Crippen molar-refractivity contribution in [3.8, 4) is 17.4 Å². The Hall–Kier alpha value is -3.29. The van der Waals surface area contributed by atoms with Gasteiger partial charge in [-0.15, -0.1) is 0 Å². The van der Waals surface area contributed by atoms with Gasteiger partial charge in [-0.25, -0.2) is 4.98 Å². The van der Waals surface area contributed by atoms with Crippen LogP contribution in [0.4, 0.5) is 0 Å². The number of amides is 2. The number of likely N-dealkylation sites (N-methyl/N-ethyl adjacent to an activating group) is 1. The maximum atomic E-state index is 12.6. The van der Waals surface area contributed by atoms with E-state index >= 15 is 0 Å². The lowest BCUT2D eigenvalue weighted by atomic mass is 10.1. The minimum Gasteiger partial charge on any atom is -0.493 e. The summed E-state index contributed by atoms with van der Waals surface area (Å²) in [6, 6.07) is 8.53. The third-order valence-corrected chi connectivity index (χ3v) is 4.93. The van der Waals surface area contributed by atoms with Gasteiger partial charge in [0.1, 0.15) is 6.10 Å². The number of hydrogen-bond acceptors (Lipinski definition) is 6. The van der Waals surface area contributed by atoms with Gasteiger partial charge in [0.15, 0.2) is 18.1 Å². The van der Waals surface area contributed by atoms with Crippen molar-refractivity contribution in [2.45, 2.75) is 38.3 Å². The Morgan fingerprint density at radius 2 is 1.97 bits per heavy atom. The summed E-state index contributed by atoms with van der Waals surface area (Å²) >= 11 is 0. The van der Waals surface area contributed by atoms with E-state index < -0.39 is 0 Å². The quantitative estimate of drug-likeness (QED) is 0.655. The first-order valence-electron chi connectivity index (χ1n) is 10.0. The molecule has 1 aliphatic rings. The van der Waals surface area contributed by atoms with E-state index in [0.29, 0.717) is 29.5 Å². The number of pyridine rings is 1. The van der Waals surface area contributed by atoms with Crippen LogP contribution in [0, 0.1) is 0 Å². The third-order valence-electron chi connectivity index (χ3n) is 4.93. The summed E-state index contributed by atoms with van der Waals surface area (Å²) in [5.74, 6) is 0.809. The monoisotopic (exact) mass is 413 g/mol. The summed E-state index contributed by atoms with van der Waals surface area (Å²) < 4.78 is 16.7. The molecule has 0 unspecified atom stereocenters. The van der Waals surface area contributed by atoms with Gasteiger partial charge in [0.25, 0.3) is 11.8 Å². The van der Waals surface area contributed by atoms with E-state index in [-0.39, 0.29) is 24.5 Å². The fourth-order valence-electron chi connectivity index (χ4n) is 3.25. The second kappa shape index (κ2) is 10.5. The first-order valence-corrected chi connectivity index (χ1v) is 10.0. The van der Waals surface area contributed by atoms with Crippen molar-refractivity contribution in [3.63, 3.8) is 0 Å². The predicted molar refractivity (Wildman–Crippen MR) is 111 cm³/mol. The first kappa shape index (κ1) is 21.4. The molecule has 1 aliphatic carbocycles. The molecule has 0 aliphatic heterocycles. The van der Waals surface area contributed by atoms with Crippen LogP contribution in [0.15, 0.2) is 36.5 Å². The zero-order chi connectivity index (χ0) is 21.3. The van der Waals surface area contributed by atoms with Gasteiger partial charge in [0.05, 0.1) is 7.11 Å². The lowest BCUT2D eigenvalue weighted by Crippen LogP contribution is -2.25. The van der Waals surface area contributed by atoms with Gasteiger partial charge in [-0.2, -0.15) is 0 Å². The second-order valence-electron chi connectivity index (χ2n) is 7.00. The van der Waals surface area contributed by atoms with Gasteiger partial charge in [0.2, 0.25) is 5.88 Å². The van der Waals surface area contributed by atoms with Crippen LogP contribution in [0.1, 0.15) is 41.6 Å². The third kappa shape index (κ3) is 5.62. The number of carbonyl (C=O) groups is 2. The topological polar surface area (TPSA) is 98.8 Å². The number of rotatable bonds is 9. The summed E-state index contributed by atoms with van der Waals surface area (Å²) in [5, 5.41) is 5.37. The Balaban J connectivity index is 1.63. The Bertz CT molecular complexity index is 881. The summed E-state index contributed by atoms with van der Waals surface area (Å²) in [4.78, 5) is 28.3. The molecule has 0 bridgehead atoms. The Labute approximate surface area is 175 Å². The highest BCUT2D eigenvalue weighted by atomic mass is 16.5. The smallest absolute Gasteiger partial charge is 0.257 e. The molecular formula is C22H27N3O5. The standard InChI is InChI=1S/C22H27N3O5/c1-23-20(26)14-29-18-10-9-15(12-19(18)28-2)21(27)25-13-16-6-5-11-24-22(16)30-17-7-3-4-8-17/h5-6,9-12,17H,3-4,7-8,13-14H2,1-2H3,(H,23,26)(H,25,27). The van der Waals surface area contributed by atoms with E-state index in [1.54, 1.807) is 24.4 Å². The molecule has 160 valence electrons. The van der Waals surface area contributed by atoms with Crippen molar-refractivity contribution in [1.29, 1.82) is 0 Å². The fraction of sp³-hybridized carbons (Fsp3) is 0.409. The van der Waals surface area contributed by atoms with Gasteiger partial charge >= 0.3 is 0 Å². The van der Waals surface area contributed by atoms with Crippen LogP contribution in [0.25, 0.3) is 0 Å². The molecule has 1 saturated carbocycles. The molecule has 1 aromatic carbocycles. The second-order valence-corrected chi connectivity index (χ2v) is 7.00. The van der Waals surface area contributed by atoms with Crippen LogP contribution in [0.2, 0.25) is 0 Å². The molecule has 0 spiro atoms. The molecule has 30 heavy (non-hydrogen) atoms. The van der Waals surface area contributed by atoms with Crippen LogP contribution >= 0.6 is 0 Å². The average molecular weight is 413 g/mol. The highest BCUT2D eigenvalue weighted by Crippen LogP contribution is 2.28. The highest BCUT2D eigenvalue weighted by molar-refractivity contribution is 5.94. The number of aromatic nitrogens is 1. The Morgan fingerprint density at radius 3 is 2.70 bits per heavy atom. The largest absolute Gasteiger partial charge is 0.493 e. The molecule has 3 rings (SSSR count). The van der Waals surface area contributed by atoms with Crippen molar-refractivity contribution in [3.05, 3.63) is 47.7 Å². The maximum Gasteiger partial charge on any atom is 0.257 e. The summed E-state index contributed by atoms with van der Waals surface area (Å²) in [7, 11) is 3.01. The lowest BCUT2D eigenvalue weighted by Gasteiger charge is -2.16. The zero-order valence-corrected chi connectivity index (χ0v) is 17.3. The number of carbonyl (C=O) groups excluding carboxylic acids is 2. The van der Waals surface area contributed by atoms with Crippen molar-refractivity contribution in [2.75, 3.05) is 20.8 Å². The van der Waals surface area contributed by atoms with Crippen molar-refractivity contribution >= 4 is 11.8 Å². The highest BCUT2D eigenvalue weighted by Gasteiger charge is 2.19. The van der Waals surface area contributed by atoms with E-state index in [4.69, 9.17) is 14.2 Å². The number of benzene rings is 1. The SMILES string of the molecule is CNC(=O)COc1ccc(C(=O)NCc2cccnc2OC2CCCC2)cc1OC. The number of methoxy groups -OCH3 is 1. The summed E-state index contributed by atoms with van der Waals surface area (Å²) in [6.45, 7) is 0.162. The maximum absolute atomic E-state index is 12.6. The van der Waals surface area contributed by atoms with E-state index in [0.717, 1.165) is 18.4 Å². The zero-order valence-electron chi connectivity index (χ0n) is 17.3. The number of nitrogens with zero attached hydrogens (tertiary/aromatic N) is 1. The molecule has 2 amide bonds. The minimum atomic E-state index is -0.262. The molecule has 1 fully saturated rings. The summed E-state index contributed by atoms with van der Waals surface area (Å²) in [5.41, 5.74) is 1.25. The normalized spacial score (nSPS) is 13.5. The van der Waals surface area contributed by atoms with E-state index in [1.165, 1.54) is 27.0 Å². The molecule has 1 heterocycles. The van der Waals surface area contributed by atoms with Gasteiger partial charge in [-0.3, -0.25) is 9.59 Å². The Morgan fingerprint density at radius 1 is 1.17 bits per heavy atom. The van der Waals surface area contributed by atoms with Crippen LogP contribution in [0.3, 0.4) is 0 Å². The van der Waals surface area contributed by atoms with E-state index in [9.17, 15) is 9.59 Å². The van der Waals surface area contributed by atoms with Crippen molar-refractivity contribution in [2.24, 2.45) is 0 Å². The van der Waals surface area contributed by atoms with E-state index in [1.807, 2.05) is 12.1 Å². The predicted octanol–water partition coefficient (Wildman–Crippen LogP) is 2.47. The first-order chi connectivity index (χ1) is 14.6. The molecule has 1 aromatic heterocycles. The van der Waals surface area contributed by atoms with Gasteiger partial charge < -0.3 is 24.8 Å². The van der Waals surface area contributed by atoms with Gasteiger partial charge in [-0.05, 0) is 49.9 Å².